The van der Waals surface area contributed by atoms with Crippen molar-refractivity contribution >= 4 is 17.4 Å². The van der Waals surface area contributed by atoms with Crippen molar-refractivity contribution in [3.63, 3.8) is 0 Å². The predicted octanol–water partition coefficient (Wildman–Crippen LogP) is 3.32. The van der Waals surface area contributed by atoms with Crippen molar-refractivity contribution in [2.75, 3.05) is 0 Å². The van der Waals surface area contributed by atoms with Gasteiger partial charge in [0.1, 0.15) is 17.6 Å². The van der Waals surface area contributed by atoms with Crippen molar-refractivity contribution in [1.82, 2.24) is 4.98 Å². The molecule has 0 aliphatic heterocycles. The fourth-order valence-electron chi connectivity index (χ4n) is 2.03. The van der Waals surface area contributed by atoms with Crippen LogP contribution in [0, 0.1) is 6.92 Å². The molecule has 0 unspecified atom stereocenters. The molecule has 19 heavy (non-hydrogen) atoms. The Balaban J connectivity index is 2.25. The number of hydrogen-bond donors (Lipinski definition) is 1. The number of aldehydes is 1. The molecule has 3 aromatic rings. The van der Waals surface area contributed by atoms with Crippen LogP contribution < -0.4 is 0 Å². The highest BCUT2D eigenvalue weighted by Crippen LogP contribution is 2.34. The largest absolute Gasteiger partial charge is 0.507 e. The molecule has 0 atom stereocenters. The van der Waals surface area contributed by atoms with Gasteiger partial charge in [0.2, 0.25) is 5.89 Å². The molecule has 0 aliphatic carbocycles. The number of aryl methyl sites for hydroxylation is 1. The normalized spacial score (nSPS) is 10.8. The first-order valence-corrected chi connectivity index (χ1v) is 5.84. The van der Waals surface area contributed by atoms with Crippen molar-refractivity contribution in [2.45, 2.75) is 6.92 Å². The van der Waals surface area contributed by atoms with Gasteiger partial charge in [-0.2, -0.15) is 0 Å². The highest BCUT2D eigenvalue weighted by atomic mass is 16.3. The number of para-hydroxylation sites is 2. The van der Waals surface area contributed by atoms with Crippen LogP contribution in [0.5, 0.6) is 5.75 Å². The minimum atomic E-state index is 0.0807. The van der Waals surface area contributed by atoms with Gasteiger partial charge in [-0.15, -0.1) is 0 Å². The Labute approximate surface area is 109 Å². The van der Waals surface area contributed by atoms with Crippen LogP contribution in [0.3, 0.4) is 0 Å². The zero-order chi connectivity index (χ0) is 13.4. The van der Waals surface area contributed by atoms with E-state index in [0.29, 0.717) is 33.7 Å². The van der Waals surface area contributed by atoms with E-state index in [0.717, 1.165) is 6.29 Å². The summed E-state index contributed by atoms with van der Waals surface area (Å²) < 4.78 is 5.60. The topological polar surface area (TPSA) is 63.3 Å². The van der Waals surface area contributed by atoms with Gasteiger partial charge in [0.25, 0.3) is 0 Å². The standard InChI is InChI=1S/C15H11NO3/c1-9-6-10(8-17)7-11(14(9)18)15-16-12-4-2-3-5-13(12)19-15/h2-8,18H,1H3. The van der Waals surface area contributed by atoms with Crippen molar-refractivity contribution in [3.8, 4) is 17.2 Å². The maximum Gasteiger partial charge on any atom is 0.231 e. The second-order valence-electron chi connectivity index (χ2n) is 4.34. The molecule has 3 rings (SSSR count). The summed E-state index contributed by atoms with van der Waals surface area (Å²) >= 11 is 0. The van der Waals surface area contributed by atoms with E-state index in [4.69, 9.17) is 4.42 Å². The molecule has 4 heteroatoms. The van der Waals surface area contributed by atoms with E-state index in [1.165, 1.54) is 0 Å². The number of nitrogens with zero attached hydrogens (tertiary/aromatic N) is 1. The van der Waals surface area contributed by atoms with E-state index in [2.05, 4.69) is 4.98 Å². The SMILES string of the molecule is Cc1cc(C=O)cc(-c2nc3ccccc3o2)c1O. The molecule has 0 saturated carbocycles. The molecule has 0 aliphatic rings. The summed E-state index contributed by atoms with van der Waals surface area (Å²) in [7, 11) is 0. The highest BCUT2D eigenvalue weighted by Gasteiger charge is 2.14. The zero-order valence-electron chi connectivity index (χ0n) is 10.3. The molecule has 1 heterocycles. The number of aromatic hydroxyl groups is 1. The van der Waals surface area contributed by atoms with Crippen LogP contribution in [0.4, 0.5) is 0 Å². The zero-order valence-corrected chi connectivity index (χ0v) is 10.3. The molecule has 94 valence electrons. The van der Waals surface area contributed by atoms with E-state index < -0.39 is 0 Å². The Morgan fingerprint density at radius 3 is 2.79 bits per heavy atom. The third-order valence-corrected chi connectivity index (χ3v) is 2.98. The summed E-state index contributed by atoms with van der Waals surface area (Å²) in [4.78, 5) is 15.2. The maximum atomic E-state index is 10.9. The Morgan fingerprint density at radius 2 is 2.05 bits per heavy atom. The number of phenols is 1. The van der Waals surface area contributed by atoms with Gasteiger partial charge < -0.3 is 9.52 Å². The van der Waals surface area contributed by atoms with Gasteiger partial charge in [-0.1, -0.05) is 12.1 Å². The first-order chi connectivity index (χ1) is 9.19. The fourth-order valence-corrected chi connectivity index (χ4v) is 2.03. The molecule has 0 spiro atoms. The van der Waals surface area contributed by atoms with Crippen molar-refractivity contribution in [1.29, 1.82) is 0 Å². The molecule has 0 saturated heterocycles. The van der Waals surface area contributed by atoms with Crippen LogP contribution >= 0.6 is 0 Å². The highest BCUT2D eigenvalue weighted by molar-refractivity contribution is 5.83. The molecule has 1 aromatic heterocycles. The van der Waals surface area contributed by atoms with Gasteiger partial charge in [0.15, 0.2) is 5.58 Å². The molecule has 0 amide bonds. The van der Waals surface area contributed by atoms with E-state index in [9.17, 15) is 9.90 Å². The number of phenolic OH excluding ortho intramolecular Hbond substituents is 1. The summed E-state index contributed by atoms with van der Waals surface area (Å²) in [6.45, 7) is 1.73. The lowest BCUT2D eigenvalue weighted by atomic mass is 10.1. The van der Waals surface area contributed by atoms with Crippen molar-refractivity contribution in [2.24, 2.45) is 0 Å². The lowest BCUT2D eigenvalue weighted by Gasteiger charge is -2.04. The maximum absolute atomic E-state index is 10.9. The van der Waals surface area contributed by atoms with E-state index in [1.54, 1.807) is 25.1 Å². The van der Waals surface area contributed by atoms with Gasteiger partial charge in [0.05, 0.1) is 5.56 Å². The summed E-state index contributed by atoms with van der Waals surface area (Å²) in [5, 5.41) is 10.1. The number of oxazole rings is 1. The first-order valence-electron chi connectivity index (χ1n) is 5.84. The summed E-state index contributed by atoms with van der Waals surface area (Å²) in [5.74, 6) is 0.391. The quantitative estimate of drug-likeness (QED) is 0.711. The average Bonchev–Trinajstić information content (AvgIpc) is 2.85. The number of rotatable bonds is 2. The number of fused-ring (bicyclic) bond motifs is 1. The monoisotopic (exact) mass is 253 g/mol. The number of carbonyl (C=O) groups is 1. The van der Waals surface area contributed by atoms with Crippen LogP contribution in [0.25, 0.3) is 22.6 Å². The van der Waals surface area contributed by atoms with Gasteiger partial charge in [-0.05, 0) is 36.8 Å². The minimum absolute atomic E-state index is 0.0807. The van der Waals surface area contributed by atoms with Crippen LogP contribution in [0.1, 0.15) is 15.9 Å². The summed E-state index contributed by atoms with van der Waals surface area (Å²) in [5.41, 5.74) is 2.88. The Kier molecular flexibility index (Phi) is 2.56. The molecular formula is C15H11NO3. The number of aromatic nitrogens is 1. The predicted molar refractivity (Wildman–Crippen MR) is 71.2 cm³/mol. The lowest BCUT2D eigenvalue weighted by molar-refractivity contribution is 0.112. The van der Waals surface area contributed by atoms with Crippen LogP contribution in [-0.4, -0.2) is 16.4 Å². The van der Waals surface area contributed by atoms with Crippen molar-refractivity contribution in [3.05, 3.63) is 47.5 Å². The molecule has 0 radical (unpaired) electrons. The van der Waals surface area contributed by atoms with E-state index >= 15 is 0 Å². The number of hydrogen-bond acceptors (Lipinski definition) is 4. The van der Waals surface area contributed by atoms with Gasteiger partial charge in [-0.3, -0.25) is 4.79 Å². The smallest absolute Gasteiger partial charge is 0.231 e. The van der Waals surface area contributed by atoms with Crippen LogP contribution in [0.15, 0.2) is 40.8 Å². The van der Waals surface area contributed by atoms with E-state index in [1.807, 2.05) is 18.2 Å². The Bertz CT molecular complexity index is 741. The van der Waals surface area contributed by atoms with Gasteiger partial charge >= 0.3 is 0 Å². The molecule has 2 aromatic carbocycles. The third-order valence-electron chi connectivity index (χ3n) is 2.98. The second kappa shape index (κ2) is 4.24. The molecule has 4 nitrogen and oxygen atoms in total. The fraction of sp³-hybridized carbons (Fsp3) is 0.0667. The summed E-state index contributed by atoms with van der Waals surface area (Å²) in [6.07, 6.45) is 0.735. The second-order valence-corrected chi connectivity index (χ2v) is 4.34. The molecule has 1 N–H and O–H groups in total. The van der Waals surface area contributed by atoms with Gasteiger partial charge in [-0.25, -0.2) is 4.98 Å². The number of carbonyl (C=O) groups excluding carboxylic acids is 1. The lowest BCUT2D eigenvalue weighted by Crippen LogP contribution is -1.88. The minimum Gasteiger partial charge on any atom is -0.507 e. The van der Waals surface area contributed by atoms with Crippen molar-refractivity contribution < 1.29 is 14.3 Å². The Morgan fingerprint density at radius 1 is 1.26 bits per heavy atom. The Hall–Kier alpha value is -2.62. The molecule has 0 bridgehead atoms. The van der Waals surface area contributed by atoms with Gasteiger partial charge in [0, 0.05) is 5.56 Å². The van der Waals surface area contributed by atoms with Crippen LogP contribution in [-0.2, 0) is 0 Å². The average molecular weight is 253 g/mol. The molecular weight excluding hydrogens is 242 g/mol. The van der Waals surface area contributed by atoms with E-state index in [-0.39, 0.29) is 5.75 Å². The summed E-state index contributed by atoms with van der Waals surface area (Å²) in [6, 6.07) is 10.5. The number of benzene rings is 2. The van der Waals surface area contributed by atoms with Crippen LogP contribution in [0.2, 0.25) is 0 Å². The molecule has 0 fully saturated rings. The first kappa shape index (κ1) is 11.5. The third kappa shape index (κ3) is 1.87.